The van der Waals surface area contributed by atoms with E-state index in [1.165, 1.54) is 0 Å². The summed E-state index contributed by atoms with van der Waals surface area (Å²) in [6.07, 6.45) is 0. The van der Waals surface area contributed by atoms with Crippen LogP contribution >= 0.6 is 0 Å². The Bertz CT molecular complexity index is 4290. The molecule has 0 spiro atoms. The molecule has 0 aliphatic rings. The first kappa shape index (κ1) is 26.2. The maximum atomic E-state index is 9.65. The monoisotopic (exact) mass is 768 g/mol. The van der Waals surface area contributed by atoms with Gasteiger partial charge in [0.15, 0.2) is 0 Å². The molecule has 0 aliphatic carbocycles. The van der Waals surface area contributed by atoms with Crippen molar-refractivity contribution in [3.05, 3.63) is 181 Å². The molecule has 9 aromatic carbocycles. The molecule has 0 amide bonds. The van der Waals surface area contributed by atoms with Gasteiger partial charge < -0.3 is 17.9 Å². The van der Waals surface area contributed by atoms with Gasteiger partial charge in [-0.2, -0.15) is 0 Å². The minimum absolute atomic E-state index is 0.148. The molecule has 4 nitrogen and oxygen atoms in total. The Labute approximate surface area is 351 Å². The quantitative estimate of drug-likeness (QED) is 0.167. The molecule has 278 valence electrons. The van der Waals surface area contributed by atoms with Crippen molar-refractivity contribution < 1.29 is 8.22 Å². The van der Waals surface area contributed by atoms with Crippen molar-refractivity contribution >= 4 is 120 Å². The van der Waals surface area contributed by atoms with Gasteiger partial charge in [-0.15, -0.1) is 0 Å². The van der Waals surface area contributed by atoms with Crippen LogP contribution < -0.4 is 0 Å². The highest BCUT2D eigenvalue weighted by molar-refractivity contribution is 6.35. The lowest BCUT2D eigenvalue weighted by molar-refractivity contribution is 1.18. The number of nitrogens with zero attached hydrogens (tertiary/aromatic N) is 4. The van der Waals surface area contributed by atoms with Crippen molar-refractivity contribution in [1.82, 2.24) is 17.9 Å². The lowest BCUT2D eigenvalue weighted by Gasteiger charge is -2.12. The Morgan fingerprint density at radius 1 is 0.283 bits per heavy atom. The molecule has 0 aliphatic heterocycles. The maximum absolute atomic E-state index is 9.65. The molecule has 4 heteroatoms. The third-order valence-electron chi connectivity index (χ3n) is 13.6. The van der Waals surface area contributed by atoms with Crippen molar-refractivity contribution in [2.75, 3.05) is 0 Å². The second-order valence-corrected chi connectivity index (χ2v) is 16.4. The van der Waals surface area contributed by atoms with Crippen LogP contribution in [0, 0.1) is 13.7 Å². The first-order valence-electron chi connectivity index (χ1n) is 23.5. The fraction of sp³-hybridized carbons (Fsp3) is 0.0357. The highest BCUT2D eigenvalue weighted by Crippen LogP contribution is 2.51. The maximum Gasteiger partial charge on any atom is 0.0789 e. The number of benzene rings is 9. The summed E-state index contributed by atoms with van der Waals surface area (Å²) in [5.74, 6) is 0. The molecule has 60 heavy (non-hydrogen) atoms. The summed E-state index contributed by atoms with van der Waals surface area (Å²) in [6, 6.07) is 58.0. The summed E-state index contributed by atoms with van der Waals surface area (Å²) >= 11 is 0. The first-order chi connectivity index (χ1) is 32.1. The Morgan fingerprint density at radius 3 is 1.07 bits per heavy atom. The van der Waals surface area contributed by atoms with Gasteiger partial charge in [0.25, 0.3) is 0 Å². The third-order valence-corrected chi connectivity index (χ3v) is 13.6. The minimum atomic E-state index is -2.68. The number of rotatable bonds is 2. The largest absolute Gasteiger partial charge is 0.307 e. The predicted molar refractivity (Wildman–Crippen MR) is 254 cm³/mol. The summed E-state index contributed by atoms with van der Waals surface area (Å²) in [5, 5.41) is 10.3. The van der Waals surface area contributed by atoms with Crippen LogP contribution in [-0.2, 0) is 0 Å². The minimum Gasteiger partial charge on any atom is -0.307 e. The van der Waals surface area contributed by atoms with Crippen LogP contribution in [0.2, 0.25) is 0 Å². The fourth-order valence-corrected chi connectivity index (χ4v) is 11.4. The van der Waals surface area contributed by atoms with E-state index < -0.39 is 13.7 Å². The lowest BCUT2D eigenvalue weighted by atomic mass is 9.96. The number of aromatic nitrogens is 4. The van der Waals surface area contributed by atoms with Gasteiger partial charge in [-0.25, -0.2) is 0 Å². The average Bonchev–Trinajstić information content (AvgIpc) is 4.16. The fourth-order valence-electron chi connectivity index (χ4n) is 11.4. The van der Waals surface area contributed by atoms with Crippen molar-refractivity contribution in [3.8, 4) is 11.4 Å². The molecule has 0 atom stereocenters. The van der Waals surface area contributed by atoms with Crippen LogP contribution in [0.15, 0.2) is 170 Å². The van der Waals surface area contributed by atoms with E-state index in [2.05, 4.69) is 103 Å². The van der Waals surface area contributed by atoms with Gasteiger partial charge in [-0.1, -0.05) is 133 Å². The van der Waals surface area contributed by atoms with Crippen LogP contribution in [0.4, 0.5) is 0 Å². The van der Waals surface area contributed by atoms with Crippen LogP contribution in [-0.4, -0.2) is 17.9 Å². The van der Waals surface area contributed by atoms with Crippen molar-refractivity contribution in [2.45, 2.75) is 13.7 Å². The third kappa shape index (κ3) is 3.43. The van der Waals surface area contributed by atoms with Crippen molar-refractivity contribution in [3.63, 3.8) is 0 Å². The SMILES string of the molecule is [2H]C([2H])([2H])c1c2c3cccc4c5ccc6c7ccccc7n(-c7ccccc7)c6c5n(c2c(C([2H])([2H])[2H])c2c5cccc6c7ccc8c9ccccc9n(-c9ccccc9)c8c7n(c12)c65)c43. The first-order valence-corrected chi connectivity index (χ1v) is 20.5. The van der Waals surface area contributed by atoms with Crippen molar-refractivity contribution in [1.29, 1.82) is 0 Å². The van der Waals surface area contributed by atoms with E-state index in [9.17, 15) is 8.22 Å². The average molecular weight is 769 g/mol. The van der Waals surface area contributed by atoms with E-state index in [1.54, 1.807) is 0 Å². The second-order valence-electron chi connectivity index (χ2n) is 16.4. The Balaban J connectivity index is 1.27. The summed E-state index contributed by atoms with van der Waals surface area (Å²) in [5.41, 5.74) is 10.3. The molecular weight excluding hydrogens is 729 g/mol. The molecular formula is C56H34N4. The molecule has 6 aromatic heterocycles. The molecule has 0 N–H and O–H groups in total. The lowest BCUT2D eigenvalue weighted by Crippen LogP contribution is -1.96. The molecule has 6 heterocycles. The van der Waals surface area contributed by atoms with Gasteiger partial charge in [0.2, 0.25) is 0 Å². The van der Waals surface area contributed by atoms with Crippen molar-refractivity contribution in [2.24, 2.45) is 0 Å². The van der Waals surface area contributed by atoms with Gasteiger partial charge in [0, 0.05) is 84.2 Å². The van der Waals surface area contributed by atoms with E-state index in [4.69, 9.17) is 0 Å². The topological polar surface area (TPSA) is 18.7 Å². The number of hydrogen-bond acceptors (Lipinski definition) is 0. The molecule has 0 radical (unpaired) electrons. The summed E-state index contributed by atoms with van der Waals surface area (Å²) in [7, 11) is 0. The Kier molecular flexibility index (Phi) is 4.64. The van der Waals surface area contributed by atoms with E-state index in [1.807, 2.05) is 84.9 Å². The summed E-state index contributed by atoms with van der Waals surface area (Å²) in [4.78, 5) is 0. The molecule has 0 saturated carbocycles. The van der Waals surface area contributed by atoms with Crippen LogP contribution in [0.3, 0.4) is 0 Å². The number of fused-ring (bicyclic) bond motifs is 20. The highest BCUT2D eigenvalue weighted by Gasteiger charge is 2.29. The Hall–Kier alpha value is -7.82. The molecule has 15 aromatic rings. The summed E-state index contributed by atoms with van der Waals surface area (Å²) < 4.78 is 66.7. The normalized spacial score (nSPS) is 14.7. The molecule has 0 fully saturated rings. The van der Waals surface area contributed by atoms with Gasteiger partial charge in [0.05, 0.1) is 55.2 Å². The molecule has 0 unspecified atom stereocenters. The van der Waals surface area contributed by atoms with Crippen LogP contribution in [0.5, 0.6) is 0 Å². The Morgan fingerprint density at radius 2 is 0.633 bits per heavy atom. The van der Waals surface area contributed by atoms with Gasteiger partial charge in [-0.05, 0) is 61.2 Å². The smallest absolute Gasteiger partial charge is 0.0789 e. The van der Waals surface area contributed by atoms with Gasteiger partial charge in [0.1, 0.15) is 0 Å². The van der Waals surface area contributed by atoms with E-state index in [0.717, 1.165) is 98.6 Å². The summed E-state index contributed by atoms with van der Waals surface area (Å²) in [6.45, 7) is -5.36. The van der Waals surface area contributed by atoms with E-state index >= 15 is 0 Å². The predicted octanol–water partition coefficient (Wildman–Crippen LogP) is 14.8. The molecule has 0 saturated heterocycles. The molecule has 15 rings (SSSR count). The number of para-hydroxylation sites is 6. The van der Waals surface area contributed by atoms with Crippen LogP contribution in [0.25, 0.3) is 131 Å². The zero-order valence-corrected chi connectivity index (χ0v) is 32.0. The second kappa shape index (κ2) is 10.6. The number of aryl methyl sites for hydroxylation is 2. The van der Waals surface area contributed by atoms with E-state index in [-0.39, 0.29) is 11.1 Å². The standard InChI is InChI=1S/C56H34N4/c1-31-47-43-23-13-21-37-42-30-28-40-36-20-10-12-26-46(36)58(34-17-7-4-8-18-34)54(40)56(42)60(51(37)43)50(47)32(2)48-44-24-14-22-38-41-29-27-39-35-19-9-11-25-45(35)57(33-15-5-3-6-16-33)53(39)55(41)59(49(31)48)52(38)44/h3-30H,1-2H3/i1D3,2D3. The number of hydrogen-bond donors (Lipinski definition) is 0. The van der Waals surface area contributed by atoms with E-state index in [0.29, 0.717) is 32.6 Å². The van der Waals surface area contributed by atoms with Crippen LogP contribution in [0.1, 0.15) is 19.4 Å². The van der Waals surface area contributed by atoms with Gasteiger partial charge in [-0.3, -0.25) is 0 Å². The molecule has 0 bridgehead atoms. The zero-order chi connectivity index (χ0) is 44.1. The highest BCUT2D eigenvalue weighted by atomic mass is 15.0. The zero-order valence-electron chi connectivity index (χ0n) is 38.0. The van der Waals surface area contributed by atoms with Gasteiger partial charge >= 0.3 is 0 Å².